The van der Waals surface area contributed by atoms with Crippen molar-refractivity contribution in [2.75, 3.05) is 16.1 Å². The summed E-state index contributed by atoms with van der Waals surface area (Å²) in [5.41, 5.74) is 0.418. The van der Waals surface area contributed by atoms with E-state index in [1.54, 1.807) is 0 Å². The van der Waals surface area contributed by atoms with Crippen molar-refractivity contribution in [3.63, 3.8) is 0 Å². The van der Waals surface area contributed by atoms with Gasteiger partial charge in [0.25, 0.3) is 20.0 Å². The average Bonchev–Trinajstić information content (AvgIpc) is 2.83. The average molecular weight is 712 g/mol. The number of hydrogen-bond acceptors (Lipinski definition) is 6. The molecule has 39 heavy (non-hydrogen) atoms. The third kappa shape index (κ3) is 7.74. The Morgan fingerprint density at radius 2 is 1.23 bits per heavy atom. The maximum Gasteiger partial charge on any atom is 0.267 e. The highest BCUT2D eigenvalue weighted by atomic mass is 79.9. The molecular weight excluding hydrogens is 696 g/mol. The van der Waals surface area contributed by atoms with Crippen LogP contribution < -0.4 is 9.03 Å². The molecule has 2 heterocycles. The van der Waals surface area contributed by atoms with Crippen LogP contribution in [0.3, 0.4) is 0 Å². The van der Waals surface area contributed by atoms with Gasteiger partial charge >= 0.3 is 0 Å². The summed E-state index contributed by atoms with van der Waals surface area (Å²) in [6.45, 7) is 0. The number of nitrogens with one attached hydrogen (secondary N) is 1. The van der Waals surface area contributed by atoms with Crippen LogP contribution in [0.25, 0.3) is 0 Å². The number of sulfonamides is 2. The zero-order valence-corrected chi connectivity index (χ0v) is 24.3. The van der Waals surface area contributed by atoms with Crippen molar-refractivity contribution in [1.29, 1.82) is 0 Å². The predicted octanol–water partition coefficient (Wildman–Crippen LogP) is 5.87. The van der Waals surface area contributed by atoms with Gasteiger partial charge in [-0.3, -0.25) is 19.0 Å². The van der Waals surface area contributed by atoms with Crippen LogP contribution in [0.5, 0.6) is 0 Å². The zero-order chi connectivity index (χ0) is 29.0. The van der Waals surface area contributed by atoms with E-state index < -0.39 is 53.1 Å². The molecule has 0 spiro atoms. The van der Waals surface area contributed by atoms with Gasteiger partial charge in [-0.05, 0) is 68.3 Å². The summed E-state index contributed by atoms with van der Waals surface area (Å²) in [6.07, 6.45) is 5.55. The van der Waals surface area contributed by atoms with Crippen molar-refractivity contribution in [2.45, 2.75) is 9.79 Å². The van der Waals surface area contributed by atoms with Gasteiger partial charge in [-0.2, -0.15) is 0 Å². The normalized spacial score (nSPS) is 11.4. The van der Waals surface area contributed by atoms with Crippen LogP contribution in [0, 0.1) is 23.3 Å². The Hall–Kier alpha value is -3.08. The molecule has 0 saturated heterocycles. The third-order valence-corrected chi connectivity index (χ3v) is 8.83. The van der Waals surface area contributed by atoms with Gasteiger partial charge in [0.05, 0.1) is 23.8 Å². The summed E-state index contributed by atoms with van der Waals surface area (Å²) in [7, 11) is -6.99. The highest BCUT2D eigenvalue weighted by Crippen LogP contribution is 2.26. The fraction of sp³-hybridized carbons (Fsp3) is 0.0435. The van der Waals surface area contributed by atoms with Gasteiger partial charge < -0.3 is 0 Å². The Kier molecular flexibility index (Phi) is 9.69. The van der Waals surface area contributed by atoms with Gasteiger partial charge in [0.1, 0.15) is 33.1 Å². The Morgan fingerprint density at radius 1 is 0.718 bits per heavy atom. The molecule has 0 aliphatic carbocycles. The Morgan fingerprint density at radius 3 is 1.74 bits per heavy atom. The molecule has 0 amide bonds. The molecule has 0 radical (unpaired) electrons. The van der Waals surface area contributed by atoms with Crippen molar-refractivity contribution < 1.29 is 34.4 Å². The Balaban J connectivity index is 0.000000216. The van der Waals surface area contributed by atoms with E-state index >= 15 is 0 Å². The lowest BCUT2D eigenvalue weighted by atomic mass is 10.3. The minimum absolute atomic E-state index is 0.165. The van der Waals surface area contributed by atoms with Gasteiger partial charge in [0.2, 0.25) is 0 Å². The molecule has 2 aromatic carbocycles. The second-order valence-corrected chi connectivity index (χ2v) is 12.9. The maximum atomic E-state index is 13.6. The quantitative estimate of drug-likeness (QED) is 0.251. The second kappa shape index (κ2) is 12.4. The van der Waals surface area contributed by atoms with E-state index in [4.69, 9.17) is 0 Å². The van der Waals surface area contributed by atoms with E-state index in [0.717, 1.165) is 28.6 Å². The molecule has 8 nitrogen and oxygen atoms in total. The molecule has 0 fully saturated rings. The molecule has 2 aromatic heterocycles. The molecule has 0 aliphatic heterocycles. The molecule has 0 aliphatic rings. The molecule has 4 rings (SSSR count). The fourth-order valence-electron chi connectivity index (χ4n) is 2.91. The van der Waals surface area contributed by atoms with Crippen LogP contribution in [0.2, 0.25) is 0 Å². The highest BCUT2D eigenvalue weighted by Gasteiger charge is 2.25. The number of pyridine rings is 2. The number of hydrogen-bond donors (Lipinski definition) is 1. The fourth-order valence-corrected chi connectivity index (χ4v) is 5.94. The van der Waals surface area contributed by atoms with Gasteiger partial charge in [-0.15, -0.1) is 0 Å². The third-order valence-electron chi connectivity index (χ3n) is 4.73. The van der Waals surface area contributed by atoms with Crippen molar-refractivity contribution >= 4 is 63.3 Å². The number of benzene rings is 2. The lowest BCUT2D eigenvalue weighted by Gasteiger charge is -2.19. The first-order valence-corrected chi connectivity index (χ1v) is 14.8. The van der Waals surface area contributed by atoms with Gasteiger partial charge in [-0.1, -0.05) is 0 Å². The summed E-state index contributed by atoms with van der Waals surface area (Å²) >= 11 is 6.30. The second-order valence-electron chi connectivity index (χ2n) is 7.48. The van der Waals surface area contributed by atoms with Crippen LogP contribution in [-0.4, -0.2) is 33.9 Å². The summed E-state index contributed by atoms with van der Waals surface area (Å²) in [4.78, 5) is 6.39. The monoisotopic (exact) mass is 710 g/mol. The SMILES string of the molecule is CN(c1cncc(Br)c1)S(=O)(=O)c1ccc(F)cc1F.O=S(=O)(Nc1cncc(Br)c1)c1ccc(F)cc1F. The summed E-state index contributed by atoms with van der Waals surface area (Å²) in [6, 6.07) is 7.53. The first-order chi connectivity index (χ1) is 18.2. The van der Waals surface area contributed by atoms with Crippen molar-refractivity contribution in [3.05, 3.63) is 106 Å². The van der Waals surface area contributed by atoms with Gasteiger partial charge in [-0.25, -0.2) is 34.4 Å². The molecule has 16 heteroatoms. The molecular formula is C23H16Br2F4N4O4S2. The van der Waals surface area contributed by atoms with Crippen molar-refractivity contribution in [1.82, 2.24) is 9.97 Å². The van der Waals surface area contributed by atoms with Crippen molar-refractivity contribution in [2.24, 2.45) is 0 Å². The van der Waals surface area contributed by atoms with Crippen LogP contribution in [0.4, 0.5) is 28.9 Å². The molecule has 0 saturated carbocycles. The van der Waals surface area contributed by atoms with E-state index in [0.29, 0.717) is 21.1 Å². The smallest absolute Gasteiger partial charge is 0.267 e. The summed E-state index contributed by atoms with van der Waals surface area (Å²) < 4.78 is 105. The Labute approximate surface area is 238 Å². The first-order valence-electron chi connectivity index (χ1n) is 10.3. The van der Waals surface area contributed by atoms with E-state index in [9.17, 15) is 34.4 Å². The molecule has 4 aromatic rings. The minimum Gasteiger partial charge on any atom is -0.278 e. The topological polar surface area (TPSA) is 109 Å². The van der Waals surface area contributed by atoms with Crippen LogP contribution in [0.1, 0.15) is 0 Å². The van der Waals surface area contributed by atoms with Crippen LogP contribution in [0.15, 0.2) is 92.1 Å². The Bertz CT molecular complexity index is 1730. The van der Waals surface area contributed by atoms with E-state index in [2.05, 4.69) is 46.5 Å². The summed E-state index contributed by atoms with van der Waals surface area (Å²) in [5, 5.41) is 0. The standard InChI is InChI=1S/C12H9BrF2N2O2S.C11H7BrF2N2O2S/c1-17(10-4-8(13)6-16-7-10)20(18,19)12-3-2-9(14)5-11(12)15;12-7-3-9(6-15-5-7)16-19(17,18)11-2-1-8(13)4-10(11)14/h2-7H,1H3;1-6,16H. The number of halogens is 6. The van der Waals surface area contributed by atoms with Gasteiger partial charge in [0, 0.05) is 40.5 Å². The minimum atomic E-state index is -4.13. The van der Waals surface area contributed by atoms with E-state index in [-0.39, 0.29) is 11.4 Å². The number of rotatable bonds is 6. The molecule has 206 valence electrons. The largest absolute Gasteiger partial charge is 0.278 e. The number of anilines is 2. The van der Waals surface area contributed by atoms with E-state index in [1.165, 1.54) is 44.0 Å². The molecule has 0 atom stereocenters. The molecule has 0 bridgehead atoms. The lowest BCUT2D eigenvalue weighted by molar-refractivity contribution is 0.547. The maximum absolute atomic E-state index is 13.6. The van der Waals surface area contributed by atoms with E-state index in [1.807, 2.05) is 0 Å². The molecule has 0 unspecified atom stereocenters. The predicted molar refractivity (Wildman–Crippen MR) is 143 cm³/mol. The first kappa shape index (κ1) is 30.5. The summed E-state index contributed by atoms with van der Waals surface area (Å²) in [5.74, 6) is -3.98. The van der Waals surface area contributed by atoms with Crippen LogP contribution >= 0.6 is 31.9 Å². The number of aromatic nitrogens is 2. The highest BCUT2D eigenvalue weighted by molar-refractivity contribution is 9.10. The van der Waals surface area contributed by atoms with Crippen LogP contribution in [-0.2, 0) is 20.0 Å². The van der Waals surface area contributed by atoms with Crippen molar-refractivity contribution in [3.8, 4) is 0 Å². The van der Waals surface area contributed by atoms with Gasteiger partial charge in [0.15, 0.2) is 0 Å². The zero-order valence-electron chi connectivity index (χ0n) is 19.5. The lowest BCUT2D eigenvalue weighted by Crippen LogP contribution is -2.27. The molecule has 1 N–H and O–H groups in total. The number of nitrogens with zero attached hydrogens (tertiary/aromatic N) is 3.